The fourth-order valence-corrected chi connectivity index (χ4v) is 1.76. The van der Waals surface area contributed by atoms with Crippen LogP contribution in [0.1, 0.15) is 40.5 Å². The second-order valence-corrected chi connectivity index (χ2v) is 5.34. The summed E-state index contributed by atoms with van der Waals surface area (Å²) in [4.78, 5) is 22.7. The highest BCUT2D eigenvalue weighted by Crippen LogP contribution is 2.38. The van der Waals surface area contributed by atoms with Crippen LogP contribution in [0.25, 0.3) is 0 Å². The number of hydrogen-bond acceptors (Lipinski definition) is 3. The molecule has 1 rings (SSSR count). The fraction of sp³-hybridized carbons (Fsp3) is 0.818. The Morgan fingerprint density at radius 3 is 2.25 bits per heavy atom. The number of amides is 1. The number of carboxylic acid groups (broad SMARTS) is 1. The molecule has 1 saturated carbocycles. The summed E-state index contributed by atoms with van der Waals surface area (Å²) in [5.41, 5.74) is -1.75. The summed E-state index contributed by atoms with van der Waals surface area (Å²) in [7, 11) is 0. The van der Waals surface area contributed by atoms with Crippen molar-refractivity contribution >= 4 is 12.1 Å². The molecule has 0 aromatic heterocycles. The van der Waals surface area contributed by atoms with E-state index < -0.39 is 23.2 Å². The number of hydrogen-bond donors (Lipinski definition) is 2. The topological polar surface area (TPSA) is 75.6 Å². The number of aliphatic carboxylic acids is 1. The number of carbonyl (C=O) groups excluding carboxylic acids is 1. The zero-order chi connectivity index (χ0) is 12.6. The molecule has 5 heteroatoms. The Labute approximate surface area is 95.2 Å². The van der Waals surface area contributed by atoms with Gasteiger partial charge in [0.1, 0.15) is 11.1 Å². The van der Waals surface area contributed by atoms with Gasteiger partial charge in [-0.15, -0.1) is 0 Å². The van der Waals surface area contributed by atoms with Crippen molar-refractivity contribution < 1.29 is 19.4 Å². The molecule has 0 radical (unpaired) electrons. The number of carboxylic acids is 1. The maximum absolute atomic E-state index is 11.5. The van der Waals surface area contributed by atoms with Crippen molar-refractivity contribution in [3.63, 3.8) is 0 Å². The highest BCUT2D eigenvalue weighted by atomic mass is 16.6. The van der Waals surface area contributed by atoms with Crippen LogP contribution in [0.15, 0.2) is 0 Å². The van der Waals surface area contributed by atoms with Gasteiger partial charge in [0.25, 0.3) is 0 Å². The van der Waals surface area contributed by atoms with Gasteiger partial charge in [-0.05, 0) is 39.5 Å². The van der Waals surface area contributed by atoms with Crippen LogP contribution in [0.5, 0.6) is 0 Å². The molecule has 1 amide bonds. The number of rotatable bonds is 2. The summed E-state index contributed by atoms with van der Waals surface area (Å²) < 4.78 is 5.05. The lowest BCUT2D eigenvalue weighted by atomic mass is 9.67. The van der Waals surface area contributed by atoms with Gasteiger partial charge in [-0.1, -0.05) is 6.92 Å². The molecule has 5 nitrogen and oxygen atoms in total. The third-order valence-corrected chi connectivity index (χ3v) is 2.92. The number of ether oxygens (including phenoxy) is 1. The summed E-state index contributed by atoms with van der Waals surface area (Å²) in [6.45, 7) is 7.04. The molecular weight excluding hydrogens is 210 g/mol. The van der Waals surface area contributed by atoms with E-state index in [1.54, 1.807) is 20.8 Å². The normalized spacial score (nSPS) is 29.1. The molecule has 1 fully saturated rings. The highest BCUT2D eigenvalue weighted by Gasteiger charge is 2.52. The van der Waals surface area contributed by atoms with E-state index in [2.05, 4.69) is 5.32 Å². The van der Waals surface area contributed by atoms with Gasteiger partial charge in [-0.2, -0.15) is 0 Å². The number of nitrogens with one attached hydrogen (secondary N) is 1. The van der Waals surface area contributed by atoms with E-state index in [1.165, 1.54) is 0 Å². The van der Waals surface area contributed by atoms with Gasteiger partial charge >= 0.3 is 12.1 Å². The largest absolute Gasteiger partial charge is 0.479 e. The Bertz CT molecular complexity index is 308. The van der Waals surface area contributed by atoms with Gasteiger partial charge < -0.3 is 15.2 Å². The summed E-state index contributed by atoms with van der Waals surface area (Å²) in [5.74, 6) is -1.05. The zero-order valence-corrected chi connectivity index (χ0v) is 10.2. The first-order valence-electron chi connectivity index (χ1n) is 5.42. The highest BCUT2D eigenvalue weighted by molar-refractivity contribution is 5.85. The molecule has 92 valence electrons. The van der Waals surface area contributed by atoms with Gasteiger partial charge in [0.2, 0.25) is 0 Å². The molecule has 0 bridgehead atoms. The Hall–Kier alpha value is -1.26. The number of alkyl carbamates (subject to hydrolysis) is 1. The molecule has 0 aromatic rings. The van der Waals surface area contributed by atoms with Crippen LogP contribution in [0.3, 0.4) is 0 Å². The lowest BCUT2D eigenvalue weighted by Gasteiger charge is -2.44. The van der Waals surface area contributed by atoms with Crippen LogP contribution in [0.4, 0.5) is 4.79 Å². The van der Waals surface area contributed by atoms with Crippen LogP contribution in [-0.2, 0) is 9.53 Å². The lowest BCUT2D eigenvalue weighted by Crippen LogP contribution is -2.64. The summed E-state index contributed by atoms with van der Waals surface area (Å²) in [6.07, 6.45) is 0.603. The number of carbonyl (C=O) groups is 2. The standard InChI is InChI=1S/C11H19NO4/c1-7-5-6-11(7,8(13)14)12-9(15)16-10(2,3)4/h7H,5-6H2,1-4H3,(H,12,15)(H,13,14)/t7-,11-/m0/s1. The van der Waals surface area contributed by atoms with Gasteiger partial charge in [0, 0.05) is 0 Å². The Morgan fingerprint density at radius 2 is 2.00 bits per heavy atom. The summed E-state index contributed by atoms with van der Waals surface area (Å²) in [5, 5.41) is 11.6. The molecule has 16 heavy (non-hydrogen) atoms. The van der Waals surface area contributed by atoms with E-state index >= 15 is 0 Å². The summed E-state index contributed by atoms with van der Waals surface area (Å²) >= 11 is 0. The first-order valence-corrected chi connectivity index (χ1v) is 5.42. The molecule has 1 aliphatic rings. The van der Waals surface area contributed by atoms with E-state index in [-0.39, 0.29) is 5.92 Å². The SMILES string of the molecule is C[C@H]1CC[C@@]1(NC(=O)OC(C)(C)C)C(=O)O. The van der Waals surface area contributed by atoms with Crippen LogP contribution < -0.4 is 5.32 Å². The van der Waals surface area contributed by atoms with Gasteiger partial charge in [-0.3, -0.25) is 0 Å². The van der Waals surface area contributed by atoms with Crippen molar-refractivity contribution in [2.75, 3.05) is 0 Å². The third kappa shape index (κ3) is 2.46. The second kappa shape index (κ2) is 3.96. The van der Waals surface area contributed by atoms with Crippen LogP contribution in [0, 0.1) is 5.92 Å². The van der Waals surface area contributed by atoms with E-state index in [1.807, 2.05) is 6.92 Å². The minimum atomic E-state index is -1.14. The Kier molecular flexibility index (Phi) is 3.17. The first-order chi connectivity index (χ1) is 7.17. The zero-order valence-electron chi connectivity index (χ0n) is 10.2. The van der Waals surface area contributed by atoms with Crippen molar-refractivity contribution in [1.82, 2.24) is 5.32 Å². The van der Waals surface area contributed by atoms with Gasteiger partial charge in [-0.25, -0.2) is 9.59 Å². The van der Waals surface area contributed by atoms with Gasteiger partial charge in [0.15, 0.2) is 0 Å². The molecule has 0 aliphatic heterocycles. The molecule has 2 N–H and O–H groups in total. The Balaban J connectivity index is 2.65. The lowest BCUT2D eigenvalue weighted by molar-refractivity contribution is -0.152. The molecule has 0 spiro atoms. The van der Waals surface area contributed by atoms with Crippen LogP contribution in [0.2, 0.25) is 0 Å². The maximum Gasteiger partial charge on any atom is 0.408 e. The van der Waals surface area contributed by atoms with E-state index in [9.17, 15) is 9.59 Å². The third-order valence-electron chi connectivity index (χ3n) is 2.92. The smallest absolute Gasteiger partial charge is 0.408 e. The molecule has 2 atom stereocenters. The Morgan fingerprint density at radius 1 is 1.44 bits per heavy atom. The average Bonchev–Trinajstić information content (AvgIpc) is 2.08. The van der Waals surface area contributed by atoms with E-state index in [0.717, 1.165) is 6.42 Å². The van der Waals surface area contributed by atoms with E-state index in [4.69, 9.17) is 9.84 Å². The second-order valence-electron chi connectivity index (χ2n) is 5.34. The molecule has 0 saturated heterocycles. The maximum atomic E-state index is 11.5. The van der Waals surface area contributed by atoms with Crippen molar-refractivity contribution in [1.29, 1.82) is 0 Å². The quantitative estimate of drug-likeness (QED) is 0.756. The predicted octanol–water partition coefficient (Wildman–Crippen LogP) is 1.76. The monoisotopic (exact) mass is 229 g/mol. The predicted molar refractivity (Wildman–Crippen MR) is 58.1 cm³/mol. The van der Waals surface area contributed by atoms with Crippen molar-refractivity contribution in [2.24, 2.45) is 5.92 Å². The fourth-order valence-electron chi connectivity index (χ4n) is 1.76. The van der Waals surface area contributed by atoms with Crippen molar-refractivity contribution in [2.45, 2.75) is 51.7 Å². The van der Waals surface area contributed by atoms with Crippen LogP contribution >= 0.6 is 0 Å². The molecule has 0 unspecified atom stereocenters. The molecule has 0 heterocycles. The van der Waals surface area contributed by atoms with Gasteiger partial charge in [0.05, 0.1) is 0 Å². The molecular formula is C11H19NO4. The minimum absolute atomic E-state index is 0.0579. The molecule has 0 aromatic carbocycles. The van der Waals surface area contributed by atoms with Crippen molar-refractivity contribution in [3.05, 3.63) is 0 Å². The van der Waals surface area contributed by atoms with E-state index in [0.29, 0.717) is 6.42 Å². The average molecular weight is 229 g/mol. The first kappa shape index (κ1) is 12.8. The van der Waals surface area contributed by atoms with Crippen molar-refractivity contribution in [3.8, 4) is 0 Å². The van der Waals surface area contributed by atoms with Crippen LogP contribution in [-0.4, -0.2) is 28.3 Å². The molecule has 1 aliphatic carbocycles. The summed E-state index contributed by atoms with van der Waals surface area (Å²) in [6, 6.07) is 0. The minimum Gasteiger partial charge on any atom is -0.479 e.